The Bertz CT molecular complexity index is 1400. The van der Waals surface area contributed by atoms with Crippen LogP contribution in [0.2, 0.25) is 0 Å². The van der Waals surface area contributed by atoms with Gasteiger partial charge in [0.1, 0.15) is 5.82 Å². The second-order valence-corrected chi connectivity index (χ2v) is 8.68. The van der Waals surface area contributed by atoms with E-state index in [1.165, 1.54) is 6.08 Å². The van der Waals surface area contributed by atoms with E-state index in [9.17, 15) is 4.79 Å². The Morgan fingerprint density at radius 2 is 1.89 bits per heavy atom. The minimum absolute atomic E-state index is 0.189. The van der Waals surface area contributed by atoms with Crippen LogP contribution in [0.25, 0.3) is 22.0 Å². The van der Waals surface area contributed by atoms with Crippen LogP contribution in [0.5, 0.6) is 0 Å². The molecular weight excluding hydrogens is 468 g/mol. The molecule has 1 aliphatic heterocycles. The molecule has 188 valence electrons. The van der Waals surface area contributed by atoms with Crippen LogP contribution in [-0.2, 0) is 4.79 Å². The summed E-state index contributed by atoms with van der Waals surface area (Å²) in [4.78, 5) is 34.3. The second-order valence-electron chi connectivity index (χ2n) is 8.68. The third kappa shape index (κ3) is 5.71. The normalized spacial score (nSPS) is 13.9. The van der Waals surface area contributed by atoms with Crippen molar-refractivity contribution in [3.63, 3.8) is 0 Å². The first-order valence-electron chi connectivity index (χ1n) is 12.1. The number of aliphatic hydroxyl groups excluding tert-OH is 1. The number of amides is 1. The van der Waals surface area contributed by atoms with Crippen molar-refractivity contribution in [1.82, 2.24) is 24.8 Å². The Balaban J connectivity index is 1.34. The number of anilines is 4. The second kappa shape index (κ2) is 11.1. The number of β-amino-alcohol motifs (C(OH)–C–C–N with tert-alkyl or cyclic N) is 1. The third-order valence-corrected chi connectivity index (χ3v) is 6.23. The maximum atomic E-state index is 11.7. The van der Waals surface area contributed by atoms with Crippen molar-refractivity contribution in [2.75, 3.05) is 54.9 Å². The number of aromatic nitrogens is 4. The maximum Gasteiger partial charge on any atom is 0.247 e. The van der Waals surface area contributed by atoms with Crippen molar-refractivity contribution in [3.8, 4) is 11.1 Å². The van der Waals surface area contributed by atoms with Gasteiger partial charge in [-0.25, -0.2) is 15.0 Å². The number of hydrogen-bond donors (Lipinski definition) is 3. The number of carbonyl (C=O) groups excluding carboxylic acids is 1. The van der Waals surface area contributed by atoms with Gasteiger partial charge in [0.15, 0.2) is 0 Å². The van der Waals surface area contributed by atoms with E-state index in [4.69, 9.17) is 10.1 Å². The molecule has 1 aromatic carbocycles. The van der Waals surface area contributed by atoms with E-state index in [-0.39, 0.29) is 12.5 Å². The van der Waals surface area contributed by atoms with Crippen molar-refractivity contribution in [2.24, 2.45) is 0 Å². The number of aliphatic hydroxyl groups is 1. The van der Waals surface area contributed by atoms with Crippen LogP contribution in [0.15, 0.2) is 73.8 Å². The first-order valence-corrected chi connectivity index (χ1v) is 12.1. The summed E-state index contributed by atoms with van der Waals surface area (Å²) in [5, 5.41) is 16.0. The van der Waals surface area contributed by atoms with E-state index in [2.05, 4.69) is 42.0 Å². The number of benzene rings is 1. The lowest BCUT2D eigenvalue weighted by Gasteiger charge is -2.35. The molecular formula is C27H28N8O2. The van der Waals surface area contributed by atoms with E-state index in [0.717, 1.165) is 59.7 Å². The number of fused-ring (bicyclic) bond motifs is 1. The van der Waals surface area contributed by atoms with E-state index >= 15 is 0 Å². The number of piperazine rings is 1. The zero-order chi connectivity index (χ0) is 25.6. The molecule has 1 fully saturated rings. The standard InChI is InChI=1S/C27H28N8O2/c1-2-25(37)31-22-14-20(15-28-17-22)23-5-3-4-19-16-30-27(33-26(19)23)32-21-6-7-24(29-18-21)35-10-8-34(9-11-35)12-13-36/h2-7,14-18,36H,1,8-13H2,(H,31,37)(H,30,32,33). The van der Waals surface area contributed by atoms with Crippen molar-refractivity contribution >= 4 is 40.0 Å². The number of pyridine rings is 2. The molecule has 10 heteroatoms. The number of para-hydroxylation sites is 1. The molecule has 1 saturated heterocycles. The number of rotatable bonds is 8. The summed E-state index contributed by atoms with van der Waals surface area (Å²) in [6.45, 7) is 7.97. The number of nitrogens with zero attached hydrogens (tertiary/aromatic N) is 6. The van der Waals surface area contributed by atoms with Gasteiger partial charge in [0.05, 0.1) is 35.9 Å². The predicted octanol–water partition coefficient (Wildman–Crippen LogP) is 3.07. The van der Waals surface area contributed by atoms with Gasteiger partial charge in [-0.15, -0.1) is 0 Å². The fraction of sp³-hybridized carbons (Fsp3) is 0.222. The van der Waals surface area contributed by atoms with Crippen LogP contribution in [-0.4, -0.2) is 75.2 Å². The molecule has 3 N–H and O–H groups in total. The van der Waals surface area contributed by atoms with Gasteiger partial charge in [-0.1, -0.05) is 24.8 Å². The van der Waals surface area contributed by atoms with Crippen LogP contribution >= 0.6 is 0 Å². The Kier molecular flexibility index (Phi) is 7.29. The molecule has 1 amide bonds. The van der Waals surface area contributed by atoms with Gasteiger partial charge >= 0.3 is 0 Å². The predicted molar refractivity (Wildman–Crippen MR) is 145 cm³/mol. The lowest BCUT2D eigenvalue weighted by atomic mass is 10.0. The van der Waals surface area contributed by atoms with Gasteiger partial charge in [0.2, 0.25) is 11.9 Å². The molecule has 4 heterocycles. The molecule has 3 aromatic heterocycles. The SMILES string of the molecule is C=CC(=O)Nc1cncc(-c2cccc3cnc(Nc4ccc(N5CCN(CCO)CC5)nc4)nc23)c1. The largest absolute Gasteiger partial charge is 0.395 e. The highest BCUT2D eigenvalue weighted by Gasteiger charge is 2.17. The maximum absolute atomic E-state index is 11.7. The monoisotopic (exact) mass is 496 g/mol. The lowest BCUT2D eigenvalue weighted by Crippen LogP contribution is -2.47. The molecule has 0 spiro atoms. The molecule has 1 aliphatic rings. The highest BCUT2D eigenvalue weighted by Crippen LogP contribution is 2.29. The molecule has 0 saturated carbocycles. The molecule has 5 rings (SSSR count). The van der Waals surface area contributed by atoms with E-state index in [1.807, 2.05) is 36.4 Å². The van der Waals surface area contributed by atoms with Crippen LogP contribution in [0.1, 0.15) is 0 Å². The van der Waals surface area contributed by atoms with Crippen LogP contribution in [0, 0.1) is 0 Å². The van der Waals surface area contributed by atoms with Crippen LogP contribution < -0.4 is 15.5 Å². The summed E-state index contributed by atoms with van der Waals surface area (Å²) in [6.07, 6.45) is 8.10. The summed E-state index contributed by atoms with van der Waals surface area (Å²) in [5.41, 5.74) is 3.82. The summed E-state index contributed by atoms with van der Waals surface area (Å²) >= 11 is 0. The number of carbonyl (C=O) groups is 1. The number of nitrogens with one attached hydrogen (secondary N) is 2. The quantitative estimate of drug-likeness (QED) is 0.316. The van der Waals surface area contributed by atoms with E-state index in [1.54, 1.807) is 24.8 Å². The average Bonchev–Trinajstić information content (AvgIpc) is 2.94. The van der Waals surface area contributed by atoms with Gasteiger partial charge < -0.3 is 20.6 Å². The molecule has 0 unspecified atom stereocenters. The Labute approximate surface area is 214 Å². The average molecular weight is 497 g/mol. The minimum atomic E-state index is -0.297. The molecule has 10 nitrogen and oxygen atoms in total. The van der Waals surface area contributed by atoms with Crippen molar-refractivity contribution in [1.29, 1.82) is 0 Å². The van der Waals surface area contributed by atoms with E-state index in [0.29, 0.717) is 18.2 Å². The topological polar surface area (TPSA) is 119 Å². The van der Waals surface area contributed by atoms with Crippen molar-refractivity contribution in [2.45, 2.75) is 0 Å². The summed E-state index contributed by atoms with van der Waals surface area (Å²) in [7, 11) is 0. The molecule has 0 atom stereocenters. The third-order valence-electron chi connectivity index (χ3n) is 6.23. The molecule has 0 aliphatic carbocycles. The van der Waals surface area contributed by atoms with Gasteiger partial charge in [0.25, 0.3) is 0 Å². The fourth-order valence-electron chi connectivity index (χ4n) is 4.32. The van der Waals surface area contributed by atoms with E-state index < -0.39 is 0 Å². The van der Waals surface area contributed by atoms with Crippen LogP contribution in [0.3, 0.4) is 0 Å². The van der Waals surface area contributed by atoms with Gasteiger partial charge in [-0.3, -0.25) is 14.7 Å². The summed E-state index contributed by atoms with van der Waals surface area (Å²) in [5.74, 6) is 1.08. The molecule has 4 aromatic rings. The smallest absolute Gasteiger partial charge is 0.247 e. The molecule has 0 bridgehead atoms. The molecule has 37 heavy (non-hydrogen) atoms. The Morgan fingerprint density at radius 3 is 2.65 bits per heavy atom. The van der Waals surface area contributed by atoms with Crippen molar-refractivity contribution < 1.29 is 9.90 Å². The van der Waals surface area contributed by atoms with Gasteiger partial charge in [-0.2, -0.15) is 0 Å². The minimum Gasteiger partial charge on any atom is -0.395 e. The van der Waals surface area contributed by atoms with Gasteiger partial charge in [0, 0.05) is 61.6 Å². The van der Waals surface area contributed by atoms with Crippen LogP contribution in [0.4, 0.5) is 23.1 Å². The molecule has 0 radical (unpaired) electrons. The lowest BCUT2D eigenvalue weighted by molar-refractivity contribution is -0.111. The summed E-state index contributed by atoms with van der Waals surface area (Å²) in [6, 6.07) is 11.7. The Morgan fingerprint density at radius 1 is 1.03 bits per heavy atom. The zero-order valence-corrected chi connectivity index (χ0v) is 20.3. The number of hydrogen-bond acceptors (Lipinski definition) is 9. The highest BCUT2D eigenvalue weighted by molar-refractivity contribution is 6.00. The highest BCUT2D eigenvalue weighted by atomic mass is 16.3. The first-order chi connectivity index (χ1) is 18.1. The van der Waals surface area contributed by atoms with Crippen molar-refractivity contribution in [3.05, 3.63) is 73.8 Å². The first kappa shape index (κ1) is 24.3. The zero-order valence-electron chi connectivity index (χ0n) is 20.3. The van der Waals surface area contributed by atoms with Gasteiger partial charge in [-0.05, 0) is 24.3 Å². The Hall–Kier alpha value is -4.41. The fourth-order valence-corrected chi connectivity index (χ4v) is 4.32. The summed E-state index contributed by atoms with van der Waals surface area (Å²) < 4.78 is 0.